The summed E-state index contributed by atoms with van der Waals surface area (Å²) in [5, 5.41) is 4.38. The van der Waals surface area contributed by atoms with Crippen LogP contribution in [0.5, 0.6) is 11.5 Å². The van der Waals surface area contributed by atoms with Gasteiger partial charge in [-0.05, 0) is 24.1 Å². The molecule has 1 aromatic carbocycles. The number of benzene rings is 1. The van der Waals surface area contributed by atoms with Crippen LogP contribution in [0.4, 0.5) is 0 Å². The molecule has 0 aliphatic heterocycles. The molecule has 2 rings (SSSR count). The smallest absolute Gasteiger partial charge is 0.161 e. The molecule has 114 valence electrons. The zero-order chi connectivity index (χ0) is 15.2. The van der Waals surface area contributed by atoms with E-state index in [1.807, 2.05) is 28.9 Å². The predicted molar refractivity (Wildman–Crippen MR) is 81.2 cm³/mol. The highest BCUT2D eigenvalue weighted by atomic mass is 16.5. The molecule has 0 radical (unpaired) electrons. The third-order valence-electron chi connectivity index (χ3n) is 3.37. The van der Waals surface area contributed by atoms with Gasteiger partial charge in [0.15, 0.2) is 5.75 Å². The summed E-state index contributed by atoms with van der Waals surface area (Å²) in [4.78, 5) is 0. The summed E-state index contributed by atoms with van der Waals surface area (Å²) in [6.07, 6.45) is 2.70. The highest BCUT2D eigenvalue weighted by Gasteiger charge is 2.22. The second kappa shape index (κ2) is 7.10. The second-order valence-corrected chi connectivity index (χ2v) is 4.70. The van der Waals surface area contributed by atoms with Crippen molar-refractivity contribution < 1.29 is 9.47 Å². The topological polar surface area (TPSA) is 74.3 Å². The summed E-state index contributed by atoms with van der Waals surface area (Å²) in [5.41, 5.74) is 4.75. The summed E-state index contributed by atoms with van der Waals surface area (Å²) >= 11 is 0. The molecule has 6 nitrogen and oxygen atoms in total. The molecule has 0 amide bonds. The number of rotatable bonds is 7. The number of aryl methyl sites for hydroxylation is 1. The number of nitrogens with zero attached hydrogens (tertiary/aromatic N) is 2. The van der Waals surface area contributed by atoms with Crippen molar-refractivity contribution in [1.29, 1.82) is 0 Å². The largest absolute Gasteiger partial charge is 0.497 e. The second-order valence-electron chi connectivity index (χ2n) is 4.70. The molecule has 1 aromatic heterocycles. The van der Waals surface area contributed by atoms with Gasteiger partial charge in [0.2, 0.25) is 0 Å². The molecule has 21 heavy (non-hydrogen) atoms. The van der Waals surface area contributed by atoms with E-state index in [9.17, 15) is 0 Å². The van der Waals surface area contributed by atoms with Crippen molar-refractivity contribution in [3.05, 3.63) is 41.7 Å². The SMILES string of the molecule is CCCn1ncc(OC)c1C(NN)c1cccc(OC)c1. The highest BCUT2D eigenvalue weighted by molar-refractivity contribution is 5.39. The van der Waals surface area contributed by atoms with Crippen molar-refractivity contribution in [3.8, 4) is 11.5 Å². The van der Waals surface area contributed by atoms with Crippen molar-refractivity contribution in [1.82, 2.24) is 15.2 Å². The summed E-state index contributed by atoms with van der Waals surface area (Å²) in [6.45, 7) is 2.91. The maximum atomic E-state index is 5.79. The van der Waals surface area contributed by atoms with E-state index in [0.29, 0.717) is 5.75 Å². The first-order chi connectivity index (χ1) is 10.2. The molecule has 1 heterocycles. The van der Waals surface area contributed by atoms with Crippen LogP contribution < -0.4 is 20.7 Å². The van der Waals surface area contributed by atoms with Crippen LogP contribution in [0.2, 0.25) is 0 Å². The average Bonchev–Trinajstić information content (AvgIpc) is 2.92. The predicted octanol–water partition coefficient (Wildman–Crippen LogP) is 1.86. The zero-order valence-electron chi connectivity index (χ0n) is 12.7. The van der Waals surface area contributed by atoms with Gasteiger partial charge in [-0.25, -0.2) is 5.43 Å². The first kappa shape index (κ1) is 15.3. The Balaban J connectivity index is 2.47. The van der Waals surface area contributed by atoms with Crippen molar-refractivity contribution in [2.75, 3.05) is 14.2 Å². The molecule has 0 spiro atoms. The summed E-state index contributed by atoms with van der Waals surface area (Å²) in [5.74, 6) is 7.29. The normalized spacial score (nSPS) is 12.2. The third-order valence-corrected chi connectivity index (χ3v) is 3.37. The van der Waals surface area contributed by atoms with Gasteiger partial charge in [0, 0.05) is 6.54 Å². The lowest BCUT2D eigenvalue weighted by molar-refractivity contribution is 0.397. The van der Waals surface area contributed by atoms with Gasteiger partial charge in [0.1, 0.15) is 11.4 Å². The van der Waals surface area contributed by atoms with Crippen LogP contribution in [0.15, 0.2) is 30.5 Å². The Kier molecular flexibility index (Phi) is 5.19. The minimum atomic E-state index is -0.218. The van der Waals surface area contributed by atoms with Crippen LogP contribution in [0, 0.1) is 0 Å². The standard InChI is InChI=1S/C15H22N4O2/c1-4-8-19-15(13(21-3)10-17-19)14(18-16)11-6-5-7-12(9-11)20-2/h5-7,9-10,14,18H,4,8,16H2,1-3H3. The van der Waals surface area contributed by atoms with E-state index in [4.69, 9.17) is 15.3 Å². The molecular formula is C15H22N4O2. The number of hydrazine groups is 1. The highest BCUT2D eigenvalue weighted by Crippen LogP contribution is 2.31. The van der Waals surface area contributed by atoms with Crippen molar-refractivity contribution >= 4 is 0 Å². The van der Waals surface area contributed by atoms with Gasteiger partial charge in [-0.2, -0.15) is 5.10 Å². The number of hydrogen-bond donors (Lipinski definition) is 2. The molecule has 0 aliphatic carbocycles. The first-order valence-electron chi connectivity index (χ1n) is 6.94. The molecular weight excluding hydrogens is 268 g/mol. The fourth-order valence-corrected chi connectivity index (χ4v) is 2.37. The zero-order valence-corrected chi connectivity index (χ0v) is 12.7. The molecule has 0 saturated carbocycles. The van der Waals surface area contributed by atoms with E-state index >= 15 is 0 Å². The van der Waals surface area contributed by atoms with Gasteiger partial charge in [-0.3, -0.25) is 10.5 Å². The van der Waals surface area contributed by atoms with E-state index in [0.717, 1.165) is 30.0 Å². The lowest BCUT2D eigenvalue weighted by Crippen LogP contribution is -2.31. The number of aromatic nitrogens is 2. The van der Waals surface area contributed by atoms with Crippen molar-refractivity contribution in [2.24, 2.45) is 5.84 Å². The minimum Gasteiger partial charge on any atom is -0.497 e. The van der Waals surface area contributed by atoms with E-state index < -0.39 is 0 Å². The summed E-state index contributed by atoms with van der Waals surface area (Å²) in [6, 6.07) is 7.57. The Bertz CT molecular complexity index is 583. The maximum Gasteiger partial charge on any atom is 0.161 e. The van der Waals surface area contributed by atoms with E-state index in [1.54, 1.807) is 20.4 Å². The van der Waals surface area contributed by atoms with Crippen LogP contribution in [-0.4, -0.2) is 24.0 Å². The fraction of sp³-hybridized carbons (Fsp3) is 0.400. The van der Waals surface area contributed by atoms with Gasteiger partial charge in [0.05, 0.1) is 26.5 Å². The van der Waals surface area contributed by atoms with Crippen molar-refractivity contribution in [3.63, 3.8) is 0 Å². The minimum absolute atomic E-state index is 0.218. The monoisotopic (exact) mass is 290 g/mol. The van der Waals surface area contributed by atoms with Crippen LogP contribution >= 0.6 is 0 Å². The Hall–Kier alpha value is -2.05. The van der Waals surface area contributed by atoms with Crippen molar-refractivity contribution in [2.45, 2.75) is 25.9 Å². The summed E-state index contributed by atoms with van der Waals surface area (Å²) < 4.78 is 12.6. The van der Waals surface area contributed by atoms with E-state index in [2.05, 4.69) is 17.4 Å². The summed E-state index contributed by atoms with van der Waals surface area (Å²) in [7, 11) is 3.28. The molecule has 1 atom stereocenters. The van der Waals surface area contributed by atoms with Crippen LogP contribution in [0.1, 0.15) is 30.6 Å². The molecule has 6 heteroatoms. The van der Waals surface area contributed by atoms with Gasteiger partial charge in [-0.1, -0.05) is 19.1 Å². The van der Waals surface area contributed by atoms with E-state index in [1.165, 1.54) is 0 Å². The Morgan fingerprint density at radius 2 is 2.14 bits per heavy atom. The van der Waals surface area contributed by atoms with Crippen LogP contribution in [0.3, 0.4) is 0 Å². The number of nitrogens with two attached hydrogens (primary N) is 1. The van der Waals surface area contributed by atoms with E-state index in [-0.39, 0.29) is 6.04 Å². The number of ether oxygens (including phenoxy) is 2. The maximum absolute atomic E-state index is 5.79. The quantitative estimate of drug-likeness (QED) is 0.601. The molecule has 0 aliphatic rings. The van der Waals surface area contributed by atoms with Crippen LogP contribution in [0.25, 0.3) is 0 Å². The first-order valence-corrected chi connectivity index (χ1v) is 6.94. The third kappa shape index (κ3) is 3.17. The molecule has 0 saturated heterocycles. The molecule has 2 aromatic rings. The average molecular weight is 290 g/mol. The molecule has 0 bridgehead atoms. The molecule has 1 unspecified atom stereocenters. The Labute approximate surface area is 124 Å². The van der Waals surface area contributed by atoms with Gasteiger partial charge < -0.3 is 9.47 Å². The number of hydrogen-bond acceptors (Lipinski definition) is 5. The van der Waals surface area contributed by atoms with Gasteiger partial charge >= 0.3 is 0 Å². The Morgan fingerprint density at radius 3 is 2.76 bits per heavy atom. The number of nitrogens with one attached hydrogen (secondary N) is 1. The fourth-order valence-electron chi connectivity index (χ4n) is 2.37. The Morgan fingerprint density at radius 1 is 1.33 bits per heavy atom. The van der Waals surface area contributed by atoms with Gasteiger partial charge in [-0.15, -0.1) is 0 Å². The lowest BCUT2D eigenvalue weighted by atomic mass is 10.0. The van der Waals surface area contributed by atoms with Gasteiger partial charge in [0.25, 0.3) is 0 Å². The molecule has 0 fully saturated rings. The molecule has 3 N–H and O–H groups in total. The number of methoxy groups -OCH3 is 2. The van der Waals surface area contributed by atoms with Crippen LogP contribution in [-0.2, 0) is 6.54 Å². The lowest BCUT2D eigenvalue weighted by Gasteiger charge is -2.20.